The highest BCUT2D eigenvalue weighted by molar-refractivity contribution is 7.80. The Bertz CT molecular complexity index is 743. The van der Waals surface area contributed by atoms with Gasteiger partial charge in [-0.15, -0.1) is 0 Å². The van der Waals surface area contributed by atoms with Gasteiger partial charge in [-0.05, 0) is 31.6 Å². The molecule has 1 aromatic rings. The molecular weight excluding hydrogens is 330 g/mol. The van der Waals surface area contributed by atoms with Crippen LogP contribution in [0, 0.1) is 10.1 Å². The van der Waals surface area contributed by atoms with Crippen molar-refractivity contribution in [3.8, 4) is 0 Å². The lowest BCUT2D eigenvalue weighted by atomic mass is 10.0. The number of thiocarbonyl (C=S) groups is 1. The van der Waals surface area contributed by atoms with Gasteiger partial charge < -0.3 is 15.4 Å². The van der Waals surface area contributed by atoms with Crippen LogP contribution in [0.3, 0.4) is 0 Å². The van der Waals surface area contributed by atoms with Crippen LogP contribution in [0.4, 0.5) is 5.69 Å². The Kier molecular flexibility index (Phi) is 5.64. The number of hydrogen-bond donors (Lipinski definition) is 2. The number of carbonyl (C=O) groups is 1. The van der Waals surface area contributed by atoms with Crippen molar-refractivity contribution in [3.63, 3.8) is 0 Å². The van der Waals surface area contributed by atoms with Crippen molar-refractivity contribution in [1.29, 1.82) is 0 Å². The molecular formula is C16H17N3O4S. The summed E-state index contributed by atoms with van der Waals surface area (Å²) in [7, 11) is 0. The molecule has 1 aliphatic heterocycles. The maximum absolute atomic E-state index is 12.2. The van der Waals surface area contributed by atoms with E-state index >= 15 is 0 Å². The lowest BCUT2D eigenvalue weighted by Gasteiger charge is -2.27. The summed E-state index contributed by atoms with van der Waals surface area (Å²) in [5.41, 5.74) is 1.69. The van der Waals surface area contributed by atoms with Gasteiger partial charge >= 0.3 is 5.97 Å². The Morgan fingerprint density at radius 1 is 1.50 bits per heavy atom. The van der Waals surface area contributed by atoms with E-state index in [0.29, 0.717) is 21.9 Å². The summed E-state index contributed by atoms with van der Waals surface area (Å²) in [6.07, 6.45) is 3.42. The van der Waals surface area contributed by atoms with Gasteiger partial charge in [-0.3, -0.25) is 10.1 Å². The quantitative estimate of drug-likeness (QED) is 0.365. The minimum atomic E-state index is -0.475. The van der Waals surface area contributed by atoms with Gasteiger partial charge in [0.05, 0.1) is 23.1 Å². The van der Waals surface area contributed by atoms with Crippen molar-refractivity contribution >= 4 is 35.1 Å². The zero-order chi connectivity index (χ0) is 17.7. The number of allylic oxidation sites excluding steroid dienone is 1. The summed E-state index contributed by atoms with van der Waals surface area (Å²) in [5.74, 6) is -0.439. The standard InChI is InChI=1S/C16H17N3O4S/c1-3-23-15(20)14-10(2)17-16(24)18-13(14)8-7-11-5-4-6-12(9-11)19(21)22/h4-9,13H,3H2,1-2H3,(H2,17,18,24). The van der Waals surface area contributed by atoms with Crippen LogP contribution in [0.1, 0.15) is 19.4 Å². The number of ether oxygens (including phenoxy) is 1. The molecule has 1 aromatic carbocycles. The maximum Gasteiger partial charge on any atom is 0.338 e. The van der Waals surface area contributed by atoms with Crippen LogP contribution < -0.4 is 10.6 Å². The third kappa shape index (κ3) is 4.17. The van der Waals surface area contributed by atoms with E-state index in [1.165, 1.54) is 12.1 Å². The lowest BCUT2D eigenvalue weighted by Crippen LogP contribution is -2.48. The molecule has 0 spiro atoms. The second-order valence-corrected chi connectivity index (χ2v) is 5.45. The van der Waals surface area contributed by atoms with E-state index < -0.39 is 16.9 Å². The van der Waals surface area contributed by atoms with E-state index in [4.69, 9.17) is 17.0 Å². The van der Waals surface area contributed by atoms with Crippen molar-refractivity contribution in [3.05, 3.63) is 57.3 Å². The third-order valence-electron chi connectivity index (χ3n) is 3.36. The van der Waals surface area contributed by atoms with E-state index in [1.54, 1.807) is 38.1 Å². The van der Waals surface area contributed by atoms with E-state index in [-0.39, 0.29) is 12.3 Å². The zero-order valence-corrected chi connectivity index (χ0v) is 14.1. The zero-order valence-electron chi connectivity index (χ0n) is 13.2. The van der Waals surface area contributed by atoms with Crippen molar-refractivity contribution in [2.75, 3.05) is 6.61 Å². The van der Waals surface area contributed by atoms with Gasteiger partial charge in [0.2, 0.25) is 0 Å². The largest absolute Gasteiger partial charge is 0.463 e. The van der Waals surface area contributed by atoms with Gasteiger partial charge in [0.15, 0.2) is 5.11 Å². The Labute approximate surface area is 144 Å². The SMILES string of the molecule is CCOC(=O)C1=C(C)NC(=S)NC1C=Cc1cccc([N+](=O)[O-])c1. The first kappa shape index (κ1) is 17.6. The normalized spacial score (nSPS) is 17.4. The minimum Gasteiger partial charge on any atom is -0.463 e. The third-order valence-corrected chi connectivity index (χ3v) is 3.58. The number of hydrogen-bond acceptors (Lipinski definition) is 5. The summed E-state index contributed by atoms with van der Waals surface area (Å²) < 4.78 is 5.08. The van der Waals surface area contributed by atoms with Crippen LogP contribution in [0.25, 0.3) is 6.08 Å². The first-order valence-corrected chi connectivity index (χ1v) is 7.71. The summed E-state index contributed by atoms with van der Waals surface area (Å²) >= 11 is 5.12. The summed E-state index contributed by atoms with van der Waals surface area (Å²) in [6.45, 7) is 3.74. The highest BCUT2D eigenvalue weighted by atomic mass is 32.1. The Morgan fingerprint density at radius 3 is 2.92 bits per heavy atom. The first-order chi connectivity index (χ1) is 11.4. The smallest absolute Gasteiger partial charge is 0.338 e. The minimum absolute atomic E-state index is 0.00304. The van der Waals surface area contributed by atoms with Crippen molar-refractivity contribution in [2.45, 2.75) is 19.9 Å². The number of nitro benzene ring substituents is 1. The molecule has 1 aliphatic rings. The average Bonchev–Trinajstić information content (AvgIpc) is 2.52. The molecule has 126 valence electrons. The van der Waals surface area contributed by atoms with Crippen molar-refractivity contribution in [2.24, 2.45) is 0 Å². The molecule has 1 heterocycles. The van der Waals surface area contributed by atoms with Gasteiger partial charge in [0.1, 0.15) is 0 Å². The van der Waals surface area contributed by atoms with Crippen LogP contribution in [0.5, 0.6) is 0 Å². The fourth-order valence-electron chi connectivity index (χ4n) is 2.30. The molecule has 24 heavy (non-hydrogen) atoms. The molecule has 0 fully saturated rings. The molecule has 0 aromatic heterocycles. The molecule has 8 heteroatoms. The Morgan fingerprint density at radius 2 is 2.25 bits per heavy atom. The van der Waals surface area contributed by atoms with Gasteiger partial charge in [0.25, 0.3) is 5.69 Å². The molecule has 0 aliphatic carbocycles. The van der Waals surface area contributed by atoms with Gasteiger partial charge in [0, 0.05) is 17.8 Å². The van der Waals surface area contributed by atoms with Crippen molar-refractivity contribution < 1.29 is 14.5 Å². The van der Waals surface area contributed by atoms with Gasteiger partial charge in [-0.25, -0.2) is 4.79 Å². The second-order valence-electron chi connectivity index (χ2n) is 5.05. The Balaban J connectivity index is 2.29. The number of rotatable bonds is 5. The van der Waals surface area contributed by atoms with E-state index in [1.807, 2.05) is 0 Å². The molecule has 0 radical (unpaired) electrons. The lowest BCUT2D eigenvalue weighted by molar-refractivity contribution is -0.384. The number of non-ortho nitro benzene ring substituents is 1. The van der Waals surface area contributed by atoms with Crippen molar-refractivity contribution in [1.82, 2.24) is 10.6 Å². The highest BCUT2D eigenvalue weighted by Crippen LogP contribution is 2.18. The number of nitrogens with zero attached hydrogens (tertiary/aromatic N) is 1. The predicted octanol–water partition coefficient (Wildman–Crippen LogP) is 2.29. The van der Waals surface area contributed by atoms with E-state index in [0.717, 1.165) is 0 Å². The second kappa shape index (κ2) is 7.69. The maximum atomic E-state index is 12.2. The van der Waals surface area contributed by atoms with E-state index in [9.17, 15) is 14.9 Å². The summed E-state index contributed by atoms with van der Waals surface area (Å²) in [4.78, 5) is 22.5. The molecule has 2 N–H and O–H groups in total. The van der Waals surface area contributed by atoms with E-state index in [2.05, 4.69) is 10.6 Å². The number of benzene rings is 1. The van der Waals surface area contributed by atoms with Crippen LogP contribution in [0.2, 0.25) is 0 Å². The number of carbonyl (C=O) groups excluding carboxylic acids is 1. The fourth-order valence-corrected chi connectivity index (χ4v) is 2.58. The molecule has 1 unspecified atom stereocenters. The predicted molar refractivity (Wildman–Crippen MR) is 94.1 cm³/mol. The molecule has 7 nitrogen and oxygen atoms in total. The Hall–Kier alpha value is -2.74. The molecule has 0 saturated carbocycles. The molecule has 0 saturated heterocycles. The summed E-state index contributed by atoms with van der Waals surface area (Å²) in [5, 5.41) is 17.1. The van der Waals surface area contributed by atoms with Crippen LogP contribution >= 0.6 is 12.2 Å². The molecule has 0 amide bonds. The summed E-state index contributed by atoms with van der Waals surface area (Å²) in [6, 6.07) is 5.74. The molecule has 0 bridgehead atoms. The fraction of sp³-hybridized carbons (Fsp3) is 0.250. The van der Waals surface area contributed by atoms with Crippen LogP contribution in [-0.2, 0) is 9.53 Å². The van der Waals surface area contributed by atoms with Gasteiger partial charge in [-0.2, -0.15) is 0 Å². The first-order valence-electron chi connectivity index (χ1n) is 7.30. The monoisotopic (exact) mass is 347 g/mol. The number of nitrogens with one attached hydrogen (secondary N) is 2. The number of nitro groups is 1. The molecule has 2 rings (SSSR count). The molecule has 1 atom stereocenters. The highest BCUT2D eigenvalue weighted by Gasteiger charge is 2.27. The number of esters is 1. The van der Waals surface area contributed by atoms with Crippen LogP contribution in [-0.4, -0.2) is 28.7 Å². The topological polar surface area (TPSA) is 93.5 Å². The van der Waals surface area contributed by atoms with Gasteiger partial charge in [-0.1, -0.05) is 24.3 Å². The van der Waals surface area contributed by atoms with Crippen LogP contribution in [0.15, 0.2) is 41.6 Å². The average molecular weight is 347 g/mol.